The molecule has 1 fully saturated rings. The van der Waals surface area contributed by atoms with Crippen LogP contribution in [0.1, 0.15) is 24.2 Å². The number of carbonyl (C=O) groups is 1. The van der Waals surface area contributed by atoms with Crippen LogP contribution in [-0.4, -0.2) is 60.3 Å². The summed E-state index contributed by atoms with van der Waals surface area (Å²) >= 11 is 0. The number of nitrogens with one attached hydrogen (secondary N) is 1. The first-order valence-electron chi connectivity index (χ1n) is 11.6. The number of morpholine rings is 1. The maximum absolute atomic E-state index is 13.1. The largest absolute Gasteiger partial charge is 0.497 e. The molecule has 2 aliphatic rings. The Labute approximate surface area is 197 Å². The highest BCUT2D eigenvalue weighted by Gasteiger charge is 2.21. The first-order chi connectivity index (χ1) is 16.6. The number of aromatic nitrogens is 2. The zero-order chi connectivity index (χ0) is 23.5. The number of benzene rings is 2. The summed E-state index contributed by atoms with van der Waals surface area (Å²) in [5.41, 5.74) is 3.18. The third-order valence-corrected chi connectivity index (χ3v) is 6.32. The monoisotopic (exact) mass is 460 g/mol. The minimum absolute atomic E-state index is 0.0534. The average Bonchev–Trinajstić information content (AvgIpc) is 3.26. The van der Waals surface area contributed by atoms with Gasteiger partial charge in [-0.3, -0.25) is 19.1 Å². The summed E-state index contributed by atoms with van der Waals surface area (Å²) in [4.78, 5) is 32.6. The van der Waals surface area contributed by atoms with Gasteiger partial charge >= 0.3 is 0 Å². The molecule has 176 valence electrons. The van der Waals surface area contributed by atoms with E-state index in [9.17, 15) is 9.59 Å². The van der Waals surface area contributed by atoms with Gasteiger partial charge < -0.3 is 14.8 Å². The lowest BCUT2D eigenvalue weighted by Gasteiger charge is -2.26. The van der Waals surface area contributed by atoms with Crippen molar-refractivity contribution in [3.05, 3.63) is 64.2 Å². The summed E-state index contributed by atoms with van der Waals surface area (Å²) in [6.07, 6.45) is 3.20. The Kier molecular flexibility index (Phi) is 6.42. The maximum Gasteiger partial charge on any atom is 0.261 e. The second-order valence-electron chi connectivity index (χ2n) is 8.57. The van der Waals surface area contributed by atoms with Crippen LogP contribution in [0.4, 0.5) is 5.69 Å². The molecule has 3 heterocycles. The van der Waals surface area contributed by atoms with Crippen molar-refractivity contribution in [2.24, 2.45) is 0 Å². The normalized spacial score (nSPS) is 17.1. The van der Waals surface area contributed by atoms with E-state index in [2.05, 4.69) is 16.3 Å². The van der Waals surface area contributed by atoms with Gasteiger partial charge in [0, 0.05) is 38.3 Å². The van der Waals surface area contributed by atoms with Crippen molar-refractivity contribution in [3.8, 4) is 5.75 Å². The van der Waals surface area contributed by atoms with E-state index in [0.717, 1.165) is 36.4 Å². The Bertz CT molecular complexity index is 1310. The smallest absolute Gasteiger partial charge is 0.261 e. The Morgan fingerprint density at radius 3 is 2.85 bits per heavy atom. The summed E-state index contributed by atoms with van der Waals surface area (Å²) in [5, 5.41) is 3.50. The molecule has 34 heavy (non-hydrogen) atoms. The number of methoxy groups -OCH3 is 1. The topological polar surface area (TPSA) is 85.7 Å². The predicted molar refractivity (Wildman–Crippen MR) is 132 cm³/mol. The van der Waals surface area contributed by atoms with Gasteiger partial charge in [-0.15, -0.1) is 0 Å². The van der Waals surface area contributed by atoms with Crippen LogP contribution in [0.5, 0.6) is 5.75 Å². The minimum Gasteiger partial charge on any atom is -0.497 e. The number of anilines is 1. The average molecular weight is 461 g/mol. The third-order valence-electron chi connectivity index (χ3n) is 6.32. The lowest BCUT2D eigenvalue weighted by molar-refractivity contribution is -0.116. The number of rotatable bonds is 6. The molecular formula is C26H28N4O4. The number of hydrogen-bond acceptors (Lipinski definition) is 6. The standard InChI is InChI=1S/C26H28N4O4/c1-33-21-4-2-3-18(16-21)15-19-7-10-30-25(19)28-23-17-20(5-6-22(23)26(30)32)27-24(31)8-9-29-11-13-34-14-12-29/h2-6,15-17H,7-14H2,1H3,(H,27,31). The van der Waals surface area contributed by atoms with Gasteiger partial charge in [0.15, 0.2) is 0 Å². The van der Waals surface area contributed by atoms with Crippen molar-refractivity contribution < 1.29 is 14.3 Å². The van der Waals surface area contributed by atoms with Crippen LogP contribution in [0, 0.1) is 0 Å². The fraction of sp³-hybridized carbons (Fsp3) is 0.346. The van der Waals surface area contributed by atoms with E-state index < -0.39 is 0 Å². The Hall–Kier alpha value is -3.49. The lowest BCUT2D eigenvalue weighted by Crippen LogP contribution is -2.38. The van der Waals surface area contributed by atoms with Gasteiger partial charge in [0.1, 0.15) is 11.6 Å². The van der Waals surface area contributed by atoms with E-state index in [1.165, 1.54) is 0 Å². The molecule has 1 N–H and O–H groups in total. The summed E-state index contributed by atoms with van der Waals surface area (Å²) in [7, 11) is 1.64. The van der Waals surface area contributed by atoms with Gasteiger partial charge in [-0.25, -0.2) is 4.98 Å². The molecule has 2 aliphatic heterocycles. The van der Waals surface area contributed by atoms with Gasteiger partial charge in [0.25, 0.3) is 5.56 Å². The van der Waals surface area contributed by atoms with Gasteiger partial charge in [0.2, 0.25) is 5.91 Å². The molecule has 1 aromatic heterocycles. The molecule has 8 nitrogen and oxygen atoms in total. The maximum atomic E-state index is 13.1. The minimum atomic E-state index is -0.0563. The number of allylic oxidation sites excluding steroid dienone is 1. The van der Waals surface area contributed by atoms with E-state index in [1.807, 2.05) is 24.3 Å². The number of fused-ring (bicyclic) bond motifs is 2. The number of hydrogen-bond donors (Lipinski definition) is 1. The first-order valence-corrected chi connectivity index (χ1v) is 11.6. The predicted octanol–water partition coefficient (Wildman–Crippen LogP) is 3.01. The molecule has 1 saturated heterocycles. The highest BCUT2D eigenvalue weighted by atomic mass is 16.5. The molecule has 5 rings (SSSR count). The van der Waals surface area contributed by atoms with E-state index in [4.69, 9.17) is 14.5 Å². The second-order valence-corrected chi connectivity index (χ2v) is 8.57. The van der Waals surface area contributed by atoms with Crippen LogP contribution >= 0.6 is 0 Å². The molecular weight excluding hydrogens is 432 g/mol. The van der Waals surface area contributed by atoms with Gasteiger partial charge in [-0.1, -0.05) is 12.1 Å². The summed E-state index contributed by atoms with van der Waals surface area (Å²) in [5.74, 6) is 1.41. The highest BCUT2D eigenvalue weighted by Crippen LogP contribution is 2.29. The fourth-order valence-corrected chi connectivity index (χ4v) is 4.47. The quantitative estimate of drug-likeness (QED) is 0.609. The highest BCUT2D eigenvalue weighted by molar-refractivity contribution is 5.94. The zero-order valence-corrected chi connectivity index (χ0v) is 19.3. The molecule has 0 saturated carbocycles. The summed E-state index contributed by atoms with van der Waals surface area (Å²) < 4.78 is 12.4. The summed E-state index contributed by atoms with van der Waals surface area (Å²) in [6, 6.07) is 13.1. The van der Waals surface area contributed by atoms with Crippen molar-refractivity contribution in [2.45, 2.75) is 19.4 Å². The van der Waals surface area contributed by atoms with E-state index in [-0.39, 0.29) is 11.5 Å². The SMILES string of the molecule is COc1cccc(C=C2CCn3c2nc2cc(NC(=O)CCN4CCOCC4)ccc2c3=O)c1. The van der Waals surface area contributed by atoms with Crippen LogP contribution in [-0.2, 0) is 16.1 Å². The third kappa shape index (κ3) is 4.73. The molecule has 2 aromatic carbocycles. The van der Waals surface area contributed by atoms with Crippen LogP contribution in [0.2, 0.25) is 0 Å². The van der Waals surface area contributed by atoms with E-state index in [0.29, 0.717) is 55.1 Å². The molecule has 0 spiro atoms. The molecule has 8 heteroatoms. The van der Waals surface area contributed by atoms with Crippen LogP contribution in [0.3, 0.4) is 0 Å². The van der Waals surface area contributed by atoms with Gasteiger partial charge in [-0.2, -0.15) is 0 Å². The first kappa shape index (κ1) is 22.3. The van der Waals surface area contributed by atoms with Crippen molar-refractivity contribution >= 4 is 34.1 Å². The van der Waals surface area contributed by atoms with Gasteiger partial charge in [0.05, 0.1) is 31.2 Å². The molecule has 0 bridgehead atoms. The second kappa shape index (κ2) is 9.79. The summed E-state index contributed by atoms with van der Waals surface area (Å²) in [6.45, 7) is 4.45. The van der Waals surface area contributed by atoms with Crippen molar-refractivity contribution in [3.63, 3.8) is 0 Å². The van der Waals surface area contributed by atoms with Crippen molar-refractivity contribution in [1.82, 2.24) is 14.5 Å². The molecule has 3 aromatic rings. The van der Waals surface area contributed by atoms with E-state index in [1.54, 1.807) is 29.9 Å². The molecule has 0 atom stereocenters. The Morgan fingerprint density at radius 1 is 1.18 bits per heavy atom. The lowest BCUT2D eigenvalue weighted by atomic mass is 10.1. The number of carbonyl (C=O) groups excluding carboxylic acids is 1. The molecule has 0 unspecified atom stereocenters. The number of amides is 1. The molecule has 0 aliphatic carbocycles. The Morgan fingerprint density at radius 2 is 2.03 bits per heavy atom. The number of ether oxygens (including phenoxy) is 2. The van der Waals surface area contributed by atoms with Crippen molar-refractivity contribution in [1.29, 1.82) is 0 Å². The molecule has 0 radical (unpaired) electrons. The zero-order valence-electron chi connectivity index (χ0n) is 19.3. The van der Waals surface area contributed by atoms with Crippen LogP contribution in [0.15, 0.2) is 47.3 Å². The van der Waals surface area contributed by atoms with Crippen LogP contribution in [0.25, 0.3) is 22.6 Å². The van der Waals surface area contributed by atoms with Crippen molar-refractivity contribution in [2.75, 3.05) is 45.3 Å². The van der Waals surface area contributed by atoms with Crippen LogP contribution < -0.4 is 15.6 Å². The molecule has 1 amide bonds. The fourth-order valence-electron chi connectivity index (χ4n) is 4.47. The van der Waals surface area contributed by atoms with E-state index >= 15 is 0 Å². The van der Waals surface area contributed by atoms with Gasteiger partial charge in [-0.05, 0) is 54.0 Å². The number of nitrogens with zero attached hydrogens (tertiary/aromatic N) is 3. The Balaban J connectivity index is 1.37.